The van der Waals surface area contributed by atoms with Gasteiger partial charge in [0.15, 0.2) is 0 Å². The monoisotopic (exact) mass is 358 g/mol. The summed E-state index contributed by atoms with van der Waals surface area (Å²) in [5.41, 5.74) is 1.90. The number of rotatable bonds is 4. The molecule has 0 aliphatic carbocycles. The predicted octanol–water partition coefficient (Wildman–Crippen LogP) is 2.76. The predicted molar refractivity (Wildman–Crippen MR) is 101 cm³/mol. The first-order valence-electron chi connectivity index (χ1n) is 8.43. The Morgan fingerprint density at radius 3 is 2.44 bits per heavy atom. The molecule has 2 heterocycles. The van der Waals surface area contributed by atoms with Gasteiger partial charge in [0.25, 0.3) is 5.91 Å². The van der Waals surface area contributed by atoms with Gasteiger partial charge in [-0.15, -0.1) is 0 Å². The first-order chi connectivity index (χ1) is 12.0. The van der Waals surface area contributed by atoms with E-state index in [1.807, 2.05) is 30.0 Å². The topological polar surface area (TPSA) is 39.7 Å². The average molecular weight is 359 g/mol. The summed E-state index contributed by atoms with van der Waals surface area (Å²) in [6.45, 7) is 4.13. The lowest BCUT2D eigenvalue weighted by Gasteiger charge is -2.35. The van der Waals surface area contributed by atoms with Crippen LogP contribution in [0.3, 0.4) is 0 Å². The van der Waals surface area contributed by atoms with Crippen LogP contribution in [0, 0.1) is 0 Å². The van der Waals surface area contributed by atoms with E-state index >= 15 is 0 Å². The zero-order valence-electron chi connectivity index (χ0n) is 14.7. The molecule has 0 spiro atoms. The van der Waals surface area contributed by atoms with Crippen molar-refractivity contribution in [2.24, 2.45) is 0 Å². The fourth-order valence-corrected chi connectivity index (χ4v) is 3.17. The fraction of sp³-hybridized carbons (Fsp3) is 0.368. The molecule has 3 rings (SSSR count). The first kappa shape index (κ1) is 17.7. The zero-order valence-corrected chi connectivity index (χ0v) is 15.4. The number of hydrogen-bond donors (Lipinski definition) is 0. The van der Waals surface area contributed by atoms with Crippen molar-refractivity contribution in [2.75, 3.05) is 45.2 Å². The number of piperazine rings is 1. The van der Waals surface area contributed by atoms with Crippen molar-refractivity contribution in [1.29, 1.82) is 0 Å². The highest BCUT2D eigenvalue weighted by Gasteiger charge is 2.23. The second-order valence-corrected chi connectivity index (χ2v) is 6.87. The summed E-state index contributed by atoms with van der Waals surface area (Å²) in [5, 5.41) is 0.345. The van der Waals surface area contributed by atoms with E-state index in [2.05, 4.69) is 34.1 Å². The second-order valence-electron chi connectivity index (χ2n) is 6.49. The SMILES string of the molecule is CN(C)c1cc(C(=O)N2CCN(Cc3ccccc3)CC2)cc(Cl)n1. The Labute approximate surface area is 153 Å². The summed E-state index contributed by atoms with van der Waals surface area (Å²) in [5.74, 6) is 0.713. The number of carbonyl (C=O) groups is 1. The summed E-state index contributed by atoms with van der Waals surface area (Å²) in [4.78, 5) is 23.1. The minimum atomic E-state index is 0.0201. The van der Waals surface area contributed by atoms with E-state index in [0.29, 0.717) is 16.5 Å². The largest absolute Gasteiger partial charge is 0.363 e. The third-order valence-corrected chi connectivity index (χ3v) is 4.59. The number of anilines is 1. The Morgan fingerprint density at radius 2 is 1.80 bits per heavy atom. The van der Waals surface area contributed by atoms with Gasteiger partial charge in [0.05, 0.1) is 0 Å². The fourth-order valence-electron chi connectivity index (χ4n) is 2.97. The Kier molecular flexibility index (Phi) is 5.56. The maximum atomic E-state index is 12.8. The molecule has 0 bridgehead atoms. The van der Waals surface area contributed by atoms with E-state index in [-0.39, 0.29) is 5.91 Å². The minimum absolute atomic E-state index is 0.0201. The van der Waals surface area contributed by atoms with Crippen LogP contribution in [-0.2, 0) is 6.54 Å². The molecule has 1 aliphatic rings. The average Bonchev–Trinajstić information content (AvgIpc) is 2.62. The van der Waals surface area contributed by atoms with Crippen LogP contribution in [0.25, 0.3) is 0 Å². The number of pyridine rings is 1. The van der Waals surface area contributed by atoms with Crippen LogP contribution in [0.15, 0.2) is 42.5 Å². The number of nitrogens with zero attached hydrogens (tertiary/aromatic N) is 4. The summed E-state index contributed by atoms with van der Waals surface area (Å²) < 4.78 is 0. The minimum Gasteiger partial charge on any atom is -0.363 e. The highest BCUT2D eigenvalue weighted by molar-refractivity contribution is 6.29. The quantitative estimate of drug-likeness (QED) is 0.788. The Balaban J connectivity index is 1.62. The third kappa shape index (κ3) is 4.50. The lowest BCUT2D eigenvalue weighted by Crippen LogP contribution is -2.48. The van der Waals surface area contributed by atoms with Crippen molar-refractivity contribution in [1.82, 2.24) is 14.8 Å². The molecule has 0 saturated carbocycles. The molecule has 0 atom stereocenters. The van der Waals surface area contributed by atoms with Crippen LogP contribution in [0.5, 0.6) is 0 Å². The molecule has 0 N–H and O–H groups in total. The smallest absolute Gasteiger partial charge is 0.254 e. The summed E-state index contributed by atoms with van der Waals surface area (Å²) >= 11 is 6.07. The molecule has 25 heavy (non-hydrogen) atoms. The summed E-state index contributed by atoms with van der Waals surface area (Å²) in [6.07, 6.45) is 0. The van der Waals surface area contributed by atoms with E-state index in [1.54, 1.807) is 12.1 Å². The molecule has 5 nitrogen and oxygen atoms in total. The van der Waals surface area contributed by atoms with Gasteiger partial charge in [-0.3, -0.25) is 9.69 Å². The normalized spacial score (nSPS) is 15.2. The summed E-state index contributed by atoms with van der Waals surface area (Å²) in [7, 11) is 3.77. The second kappa shape index (κ2) is 7.85. The lowest BCUT2D eigenvalue weighted by molar-refractivity contribution is 0.0628. The number of aromatic nitrogens is 1. The van der Waals surface area contributed by atoms with Crippen LogP contribution in [0.1, 0.15) is 15.9 Å². The molecule has 1 saturated heterocycles. The molecule has 1 aliphatic heterocycles. The molecule has 1 fully saturated rings. The van der Waals surface area contributed by atoms with Crippen molar-refractivity contribution in [3.05, 3.63) is 58.7 Å². The van der Waals surface area contributed by atoms with E-state index in [9.17, 15) is 4.79 Å². The maximum absolute atomic E-state index is 12.8. The van der Waals surface area contributed by atoms with Gasteiger partial charge in [0, 0.05) is 52.4 Å². The van der Waals surface area contributed by atoms with Gasteiger partial charge < -0.3 is 9.80 Å². The Hall–Kier alpha value is -2.11. The van der Waals surface area contributed by atoms with Gasteiger partial charge in [-0.1, -0.05) is 41.9 Å². The van der Waals surface area contributed by atoms with Crippen molar-refractivity contribution < 1.29 is 4.79 Å². The van der Waals surface area contributed by atoms with Crippen LogP contribution in [0.2, 0.25) is 5.15 Å². The van der Waals surface area contributed by atoms with Crippen molar-refractivity contribution >= 4 is 23.3 Å². The molecule has 1 aromatic carbocycles. The molecule has 6 heteroatoms. The number of benzene rings is 1. The highest BCUT2D eigenvalue weighted by atomic mass is 35.5. The van der Waals surface area contributed by atoms with Crippen molar-refractivity contribution in [2.45, 2.75) is 6.54 Å². The first-order valence-corrected chi connectivity index (χ1v) is 8.81. The van der Waals surface area contributed by atoms with E-state index in [4.69, 9.17) is 11.6 Å². The molecule has 1 aromatic heterocycles. The van der Waals surface area contributed by atoms with Gasteiger partial charge >= 0.3 is 0 Å². The molecule has 2 aromatic rings. The molecular weight excluding hydrogens is 336 g/mol. The van der Waals surface area contributed by atoms with Gasteiger partial charge in [0.2, 0.25) is 0 Å². The van der Waals surface area contributed by atoms with Gasteiger partial charge in [0.1, 0.15) is 11.0 Å². The van der Waals surface area contributed by atoms with Crippen LogP contribution in [-0.4, -0.2) is 61.0 Å². The number of carbonyl (C=O) groups excluding carboxylic acids is 1. The molecular formula is C19H23ClN4O. The third-order valence-electron chi connectivity index (χ3n) is 4.39. The van der Waals surface area contributed by atoms with Gasteiger partial charge in [-0.2, -0.15) is 0 Å². The van der Waals surface area contributed by atoms with E-state index in [0.717, 1.165) is 32.7 Å². The number of amides is 1. The molecule has 0 radical (unpaired) electrons. The maximum Gasteiger partial charge on any atom is 0.254 e. The Morgan fingerprint density at radius 1 is 1.12 bits per heavy atom. The van der Waals surface area contributed by atoms with Crippen LogP contribution < -0.4 is 4.90 Å². The lowest BCUT2D eigenvalue weighted by atomic mass is 10.1. The number of hydrogen-bond acceptors (Lipinski definition) is 4. The van der Waals surface area contributed by atoms with Crippen LogP contribution >= 0.6 is 11.6 Å². The van der Waals surface area contributed by atoms with Crippen LogP contribution in [0.4, 0.5) is 5.82 Å². The summed E-state index contributed by atoms with van der Waals surface area (Å²) in [6, 6.07) is 13.9. The van der Waals surface area contributed by atoms with E-state index in [1.165, 1.54) is 5.56 Å². The standard InChI is InChI=1S/C19H23ClN4O/c1-22(2)18-13-16(12-17(20)21-18)19(25)24-10-8-23(9-11-24)14-15-6-4-3-5-7-15/h3-7,12-13H,8-11,14H2,1-2H3. The molecule has 1 amide bonds. The number of halogens is 1. The molecule has 0 unspecified atom stereocenters. The van der Waals surface area contributed by atoms with E-state index < -0.39 is 0 Å². The zero-order chi connectivity index (χ0) is 17.8. The van der Waals surface area contributed by atoms with Crippen molar-refractivity contribution in [3.63, 3.8) is 0 Å². The van der Waals surface area contributed by atoms with Gasteiger partial charge in [-0.25, -0.2) is 4.98 Å². The Bertz CT molecular complexity index is 727. The van der Waals surface area contributed by atoms with Crippen molar-refractivity contribution in [3.8, 4) is 0 Å². The molecule has 132 valence electrons. The van der Waals surface area contributed by atoms with Gasteiger partial charge in [-0.05, 0) is 17.7 Å². The highest BCUT2D eigenvalue weighted by Crippen LogP contribution is 2.19.